The molecular weight excluding hydrogens is 192 g/mol. The highest BCUT2D eigenvalue weighted by molar-refractivity contribution is 5.47. The molecule has 0 aliphatic heterocycles. The van der Waals surface area contributed by atoms with E-state index in [0.29, 0.717) is 24.6 Å². The maximum Gasteiger partial charge on any atom is 0.199 e. The van der Waals surface area contributed by atoms with E-state index in [1.165, 1.54) is 0 Å². The van der Waals surface area contributed by atoms with Gasteiger partial charge in [-0.2, -0.15) is 5.10 Å². The molecule has 0 aliphatic carbocycles. The molecule has 15 heavy (non-hydrogen) atoms. The van der Waals surface area contributed by atoms with Crippen LogP contribution in [-0.2, 0) is 6.42 Å². The minimum atomic E-state index is 0.553. The van der Waals surface area contributed by atoms with Gasteiger partial charge in [-0.15, -0.1) is 0 Å². The van der Waals surface area contributed by atoms with Crippen LogP contribution in [0, 0.1) is 6.92 Å². The summed E-state index contributed by atoms with van der Waals surface area (Å²) in [6, 6.07) is 1.78. The molecule has 0 saturated heterocycles. The minimum absolute atomic E-state index is 0.553. The number of nitrogens with zero attached hydrogens (tertiary/aromatic N) is 4. The third-order valence-corrected chi connectivity index (χ3v) is 1.92. The molecular formula is C9H12N6. The largest absolute Gasteiger partial charge is 0.330 e. The Hall–Kier alpha value is -1.82. The monoisotopic (exact) mass is 204 g/mol. The summed E-state index contributed by atoms with van der Waals surface area (Å²) in [6.07, 6.45) is 2.38. The van der Waals surface area contributed by atoms with E-state index in [-0.39, 0.29) is 0 Å². The summed E-state index contributed by atoms with van der Waals surface area (Å²) in [5.41, 5.74) is 6.14. The van der Waals surface area contributed by atoms with Crippen LogP contribution in [0.25, 0.3) is 11.5 Å². The number of rotatable bonds is 3. The Bertz CT molecular complexity index is 449. The van der Waals surface area contributed by atoms with Crippen LogP contribution < -0.4 is 5.73 Å². The summed E-state index contributed by atoms with van der Waals surface area (Å²) >= 11 is 0. The van der Waals surface area contributed by atoms with Gasteiger partial charge in [0.05, 0.1) is 0 Å². The van der Waals surface area contributed by atoms with E-state index in [1.807, 2.05) is 6.92 Å². The maximum absolute atomic E-state index is 5.42. The van der Waals surface area contributed by atoms with Crippen molar-refractivity contribution in [3.8, 4) is 11.5 Å². The lowest BCUT2D eigenvalue weighted by Crippen LogP contribution is -2.03. The molecule has 0 radical (unpaired) electrons. The zero-order chi connectivity index (χ0) is 10.7. The van der Waals surface area contributed by atoms with Gasteiger partial charge in [0, 0.05) is 12.6 Å². The second-order valence-corrected chi connectivity index (χ2v) is 3.13. The molecule has 6 heteroatoms. The van der Waals surface area contributed by atoms with Crippen molar-refractivity contribution >= 4 is 0 Å². The number of H-pyrrole nitrogens is 1. The third-order valence-electron chi connectivity index (χ3n) is 1.92. The molecule has 0 bridgehead atoms. The fourth-order valence-electron chi connectivity index (χ4n) is 1.24. The van der Waals surface area contributed by atoms with Crippen molar-refractivity contribution in [2.75, 3.05) is 6.54 Å². The van der Waals surface area contributed by atoms with Crippen molar-refractivity contribution < 1.29 is 0 Å². The molecule has 78 valence electrons. The van der Waals surface area contributed by atoms with E-state index in [9.17, 15) is 0 Å². The van der Waals surface area contributed by atoms with Crippen LogP contribution >= 0.6 is 0 Å². The van der Waals surface area contributed by atoms with Gasteiger partial charge < -0.3 is 5.73 Å². The molecule has 0 amide bonds. The molecule has 0 saturated carbocycles. The van der Waals surface area contributed by atoms with Crippen molar-refractivity contribution in [3.05, 3.63) is 23.9 Å². The van der Waals surface area contributed by atoms with Crippen molar-refractivity contribution in [2.24, 2.45) is 5.73 Å². The summed E-state index contributed by atoms with van der Waals surface area (Å²) in [7, 11) is 0. The summed E-state index contributed by atoms with van der Waals surface area (Å²) in [4.78, 5) is 12.5. The molecule has 6 nitrogen and oxygen atoms in total. The van der Waals surface area contributed by atoms with E-state index in [0.717, 1.165) is 11.5 Å². The van der Waals surface area contributed by atoms with E-state index in [1.54, 1.807) is 12.3 Å². The Morgan fingerprint density at radius 3 is 3.00 bits per heavy atom. The number of nitrogens with two attached hydrogens (primary N) is 1. The second kappa shape index (κ2) is 4.14. The lowest BCUT2D eigenvalue weighted by Gasteiger charge is -1.94. The molecule has 2 aromatic heterocycles. The van der Waals surface area contributed by atoms with Gasteiger partial charge in [0.1, 0.15) is 17.3 Å². The number of hydrogen-bond acceptors (Lipinski definition) is 5. The zero-order valence-electron chi connectivity index (χ0n) is 8.44. The zero-order valence-corrected chi connectivity index (χ0v) is 8.44. The van der Waals surface area contributed by atoms with Gasteiger partial charge >= 0.3 is 0 Å². The first-order valence-corrected chi connectivity index (χ1v) is 4.71. The molecule has 2 rings (SSSR count). The van der Waals surface area contributed by atoms with E-state index in [2.05, 4.69) is 25.1 Å². The third kappa shape index (κ3) is 2.16. The Morgan fingerprint density at radius 1 is 1.40 bits per heavy atom. The van der Waals surface area contributed by atoms with Crippen molar-refractivity contribution in [1.82, 2.24) is 25.1 Å². The number of aromatic amines is 1. The topological polar surface area (TPSA) is 93.4 Å². The highest BCUT2D eigenvalue weighted by Crippen LogP contribution is 2.10. The smallest absolute Gasteiger partial charge is 0.199 e. The van der Waals surface area contributed by atoms with Gasteiger partial charge in [-0.25, -0.2) is 15.0 Å². The van der Waals surface area contributed by atoms with Crippen LogP contribution in [0.1, 0.15) is 11.6 Å². The number of nitrogens with one attached hydrogen (secondary N) is 1. The Kier molecular flexibility index (Phi) is 2.68. The SMILES string of the molecule is Cc1nccc(-c2n[nH]c(CCN)n2)n1. The first-order chi connectivity index (χ1) is 7.29. The summed E-state index contributed by atoms with van der Waals surface area (Å²) in [6.45, 7) is 2.38. The number of hydrogen-bond donors (Lipinski definition) is 2. The molecule has 2 heterocycles. The predicted molar refractivity (Wildman–Crippen MR) is 54.9 cm³/mol. The van der Waals surface area contributed by atoms with Gasteiger partial charge in [0.25, 0.3) is 0 Å². The van der Waals surface area contributed by atoms with Gasteiger partial charge in [0.15, 0.2) is 5.82 Å². The lowest BCUT2D eigenvalue weighted by molar-refractivity contribution is 0.874. The average Bonchev–Trinajstić information content (AvgIpc) is 2.67. The van der Waals surface area contributed by atoms with Gasteiger partial charge in [-0.1, -0.05) is 0 Å². The predicted octanol–water partition coefficient (Wildman–Crippen LogP) is 0.0713. The Balaban J connectivity index is 2.29. The van der Waals surface area contributed by atoms with E-state index >= 15 is 0 Å². The lowest BCUT2D eigenvalue weighted by atomic mass is 10.4. The molecule has 3 N–H and O–H groups in total. The van der Waals surface area contributed by atoms with Crippen LogP contribution in [0.4, 0.5) is 0 Å². The molecule has 0 unspecified atom stereocenters. The van der Waals surface area contributed by atoms with Crippen LogP contribution in [0.2, 0.25) is 0 Å². The van der Waals surface area contributed by atoms with E-state index < -0.39 is 0 Å². The quantitative estimate of drug-likeness (QED) is 0.738. The highest BCUT2D eigenvalue weighted by Gasteiger charge is 2.06. The Labute approximate surface area is 87.0 Å². The van der Waals surface area contributed by atoms with Crippen LogP contribution in [0.5, 0.6) is 0 Å². The highest BCUT2D eigenvalue weighted by atomic mass is 15.2. The van der Waals surface area contributed by atoms with Crippen LogP contribution in [0.3, 0.4) is 0 Å². The first kappa shape index (κ1) is 9.72. The number of aromatic nitrogens is 5. The van der Waals surface area contributed by atoms with Crippen molar-refractivity contribution in [2.45, 2.75) is 13.3 Å². The van der Waals surface area contributed by atoms with Gasteiger partial charge in [-0.3, -0.25) is 5.10 Å². The minimum Gasteiger partial charge on any atom is -0.330 e. The molecule has 2 aromatic rings. The molecule has 0 spiro atoms. The molecule has 0 fully saturated rings. The first-order valence-electron chi connectivity index (χ1n) is 4.71. The molecule has 0 atom stereocenters. The van der Waals surface area contributed by atoms with Gasteiger partial charge in [0.2, 0.25) is 0 Å². The summed E-state index contributed by atoms with van der Waals surface area (Å²) in [5, 5.41) is 6.89. The van der Waals surface area contributed by atoms with Crippen molar-refractivity contribution in [3.63, 3.8) is 0 Å². The number of aryl methyl sites for hydroxylation is 1. The average molecular weight is 204 g/mol. The summed E-state index contributed by atoms with van der Waals surface area (Å²) in [5.74, 6) is 2.07. The summed E-state index contributed by atoms with van der Waals surface area (Å²) < 4.78 is 0. The standard InChI is InChI=1S/C9H12N6/c1-6-11-5-3-7(12-6)9-13-8(2-4-10)14-15-9/h3,5H,2,4,10H2,1H3,(H,13,14,15). The second-order valence-electron chi connectivity index (χ2n) is 3.13. The Morgan fingerprint density at radius 2 is 2.27 bits per heavy atom. The fraction of sp³-hybridized carbons (Fsp3) is 0.333. The normalized spacial score (nSPS) is 10.5. The van der Waals surface area contributed by atoms with Gasteiger partial charge in [-0.05, 0) is 19.5 Å². The van der Waals surface area contributed by atoms with Crippen LogP contribution in [0.15, 0.2) is 12.3 Å². The van der Waals surface area contributed by atoms with Crippen LogP contribution in [-0.4, -0.2) is 31.7 Å². The fourth-order valence-corrected chi connectivity index (χ4v) is 1.24. The maximum atomic E-state index is 5.42. The van der Waals surface area contributed by atoms with Crippen molar-refractivity contribution in [1.29, 1.82) is 0 Å². The van der Waals surface area contributed by atoms with E-state index in [4.69, 9.17) is 5.73 Å². The molecule has 0 aliphatic rings. The molecule has 0 aromatic carbocycles.